The van der Waals surface area contributed by atoms with Gasteiger partial charge in [-0.1, -0.05) is 39.7 Å². The van der Waals surface area contributed by atoms with Gasteiger partial charge in [0.15, 0.2) is 0 Å². The summed E-state index contributed by atoms with van der Waals surface area (Å²) >= 11 is 3.32. The third-order valence-electron chi connectivity index (χ3n) is 5.16. The topological polar surface area (TPSA) is 66.5 Å². The summed E-state index contributed by atoms with van der Waals surface area (Å²) in [5.74, 6) is -0.416. The minimum atomic E-state index is -3.59. The van der Waals surface area contributed by atoms with Gasteiger partial charge in [-0.3, -0.25) is 4.79 Å². The number of nitrogens with zero attached hydrogens (tertiary/aromatic N) is 1. The predicted molar refractivity (Wildman–Crippen MR) is 113 cm³/mol. The predicted octanol–water partition coefficient (Wildman–Crippen LogP) is 3.78. The highest BCUT2D eigenvalue weighted by molar-refractivity contribution is 9.10. The van der Waals surface area contributed by atoms with Crippen LogP contribution in [-0.4, -0.2) is 31.7 Å². The molecule has 1 saturated heterocycles. The summed E-state index contributed by atoms with van der Waals surface area (Å²) in [6.07, 6.45) is 1.38. The lowest BCUT2D eigenvalue weighted by molar-refractivity contribution is -0.126. The van der Waals surface area contributed by atoms with Crippen LogP contribution in [0.25, 0.3) is 0 Å². The van der Waals surface area contributed by atoms with Gasteiger partial charge in [-0.15, -0.1) is 0 Å². The third kappa shape index (κ3) is 4.82. The van der Waals surface area contributed by atoms with Crippen LogP contribution in [-0.2, 0) is 21.4 Å². The zero-order valence-corrected chi connectivity index (χ0v) is 18.5. The average molecular weight is 465 g/mol. The van der Waals surface area contributed by atoms with Crippen LogP contribution in [0.2, 0.25) is 0 Å². The van der Waals surface area contributed by atoms with E-state index in [0.717, 1.165) is 15.6 Å². The van der Waals surface area contributed by atoms with E-state index < -0.39 is 10.0 Å². The van der Waals surface area contributed by atoms with E-state index in [1.54, 1.807) is 24.3 Å². The molecule has 150 valence electrons. The van der Waals surface area contributed by atoms with Crippen LogP contribution in [0.1, 0.15) is 29.5 Å². The first-order valence-corrected chi connectivity index (χ1v) is 11.6. The first kappa shape index (κ1) is 21.0. The smallest absolute Gasteiger partial charge is 0.243 e. The number of hydrogen-bond acceptors (Lipinski definition) is 3. The molecule has 1 atom stereocenters. The molecule has 0 spiro atoms. The van der Waals surface area contributed by atoms with Crippen molar-refractivity contribution in [1.82, 2.24) is 9.62 Å². The maximum Gasteiger partial charge on any atom is 0.243 e. The Hall–Kier alpha value is -1.70. The Kier molecular flexibility index (Phi) is 6.58. The molecule has 1 heterocycles. The van der Waals surface area contributed by atoms with Gasteiger partial charge >= 0.3 is 0 Å². The molecule has 0 aromatic heterocycles. The molecule has 0 radical (unpaired) electrons. The molecule has 1 amide bonds. The summed E-state index contributed by atoms with van der Waals surface area (Å²) < 4.78 is 28.1. The van der Waals surface area contributed by atoms with E-state index in [9.17, 15) is 13.2 Å². The molecular formula is C21H25BrN2O3S. The van der Waals surface area contributed by atoms with Gasteiger partial charge in [0.05, 0.1) is 10.8 Å². The number of carbonyl (C=O) groups is 1. The van der Waals surface area contributed by atoms with Gasteiger partial charge in [0.1, 0.15) is 0 Å². The lowest BCUT2D eigenvalue weighted by Crippen LogP contribution is -2.45. The van der Waals surface area contributed by atoms with Gasteiger partial charge in [0, 0.05) is 24.1 Å². The standard InChI is InChI=1S/C21H25BrN2O3S/c1-15-5-6-17(16(2)12-15)13-23-21(25)18-4-3-11-24(14-18)28(26,27)20-9-7-19(22)8-10-20/h5-10,12,18H,3-4,11,13-14H2,1-2H3,(H,23,25). The number of carbonyl (C=O) groups excluding carboxylic acids is 1. The second kappa shape index (κ2) is 8.76. The SMILES string of the molecule is Cc1ccc(CNC(=O)C2CCCN(S(=O)(=O)c3ccc(Br)cc3)C2)c(C)c1. The second-order valence-electron chi connectivity index (χ2n) is 7.30. The molecule has 5 nitrogen and oxygen atoms in total. The van der Waals surface area contributed by atoms with Crippen molar-refractivity contribution >= 4 is 31.9 Å². The van der Waals surface area contributed by atoms with Crippen LogP contribution >= 0.6 is 15.9 Å². The second-order valence-corrected chi connectivity index (χ2v) is 10.2. The number of aryl methyl sites for hydroxylation is 2. The summed E-state index contributed by atoms with van der Waals surface area (Å²) in [6, 6.07) is 12.7. The molecule has 1 unspecified atom stereocenters. The maximum absolute atomic E-state index is 12.9. The molecule has 3 rings (SSSR count). The molecule has 2 aromatic carbocycles. The first-order chi connectivity index (χ1) is 13.3. The van der Waals surface area contributed by atoms with Crippen molar-refractivity contribution in [3.05, 3.63) is 63.6 Å². The van der Waals surface area contributed by atoms with Crippen LogP contribution in [0.15, 0.2) is 51.8 Å². The molecule has 0 aliphatic carbocycles. The van der Waals surface area contributed by atoms with Crippen LogP contribution in [0.5, 0.6) is 0 Å². The van der Waals surface area contributed by atoms with Gasteiger partial charge in [-0.2, -0.15) is 4.31 Å². The largest absolute Gasteiger partial charge is 0.352 e. The van der Waals surface area contributed by atoms with Crippen molar-refractivity contribution in [3.63, 3.8) is 0 Å². The minimum Gasteiger partial charge on any atom is -0.352 e. The van der Waals surface area contributed by atoms with E-state index in [4.69, 9.17) is 0 Å². The van der Waals surface area contributed by atoms with Gasteiger partial charge in [-0.05, 0) is 62.1 Å². The Bertz CT molecular complexity index is 958. The summed E-state index contributed by atoms with van der Waals surface area (Å²) in [5, 5.41) is 2.98. The van der Waals surface area contributed by atoms with Crippen molar-refractivity contribution in [2.75, 3.05) is 13.1 Å². The summed E-state index contributed by atoms with van der Waals surface area (Å²) in [6.45, 7) is 5.19. The van der Waals surface area contributed by atoms with Crippen molar-refractivity contribution in [2.24, 2.45) is 5.92 Å². The first-order valence-electron chi connectivity index (χ1n) is 9.37. The lowest BCUT2D eigenvalue weighted by Gasteiger charge is -2.31. The summed E-state index contributed by atoms with van der Waals surface area (Å²) in [5.41, 5.74) is 3.41. The number of rotatable bonds is 5. The highest BCUT2D eigenvalue weighted by atomic mass is 79.9. The normalized spacial score (nSPS) is 18.0. The highest BCUT2D eigenvalue weighted by Gasteiger charge is 2.33. The Balaban J connectivity index is 1.65. The number of amides is 1. The fourth-order valence-corrected chi connectivity index (χ4v) is 5.29. The molecule has 0 bridgehead atoms. The Morgan fingerprint density at radius 1 is 1.18 bits per heavy atom. The number of benzene rings is 2. The van der Waals surface area contributed by atoms with E-state index in [0.29, 0.717) is 25.9 Å². The Morgan fingerprint density at radius 2 is 1.89 bits per heavy atom. The lowest BCUT2D eigenvalue weighted by atomic mass is 9.98. The number of halogens is 1. The van der Waals surface area contributed by atoms with Crippen LogP contribution in [0.3, 0.4) is 0 Å². The quantitative estimate of drug-likeness (QED) is 0.731. The van der Waals surface area contributed by atoms with Gasteiger partial charge < -0.3 is 5.32 Å². The van der Waals surface area contributed by atoms with E-state index >= 15 is 0 Å². The molecule has 28 heavy (non-hydrogen) atoms. The minimum absolute atomic E-state index is 0.0873. The highest BCUT2D eigenvalue weighted by Crippen LogP contribution is 2.25. The van der Waals surface area contributed by atoms with Crippen LogP contribution < -0.4 is 5.32 Å². The molecule has 1 N–H and O–H groups in total. The van der Waals surface area contributed by atoms with Crippen LogP contribution in [0, 0.1) is 19.8 Å². The van der Waals surface area contributed by atoms with E-state index in [1.165, 1.54) is 9.87 Å². The Labute approximate surface area is 175 Å². The number of nitrogens with one attached hydrogen (secondary N) is 1. The molecule has 0 saturated carbocycles. The van der Waals surface area contributed by atoms with Crippen molar-refractivity contribution in [2.45, 2.75) is 38.1 Å². The van der Waals surface area contributed by atoms with E-state index in [2.05, 4.69) is 27.3 Å². The van der Waals surface area contributed by atoms with Crippen molar-refractivity contribution in [1.29, 1.82) is 0 Å². The van der Waals surface area contributed by atoms with Gasteiger partial charge in [0.2, 0.25) is 15.9 Å². The fraction of sp³-hybridized carbons (Fsp3) is 0.381. The monoisotopic (exact) mass is 464 g/mol. The fourth-order valence-electron chi connectivity index (χ4n) is 3.50. The number of hydrogen-bond donors (Lipinski definition) is 1. The molecule has 1 aliphatic rings. The molecular weight excluding hydrogens is 440 g/mol. The van der Waals surface area contributed by atoms with E-state index in [-0.39, 0.29) is 23.3 Å². The summed E-state index contributed by atoms with van der Waals surface area (Å²) in [7, 11) is -3.59. The molecule has 1 aliphatic heterocycles. The molecule has 7 heteroatoms. The summed E-state index contributed by atoms with van der Waals surface area (Å²) in [4.78, 5) is 12.9. The third-order valence-corrected chi connectivity index (χ3v) is 7.57. The molecule has 1 fully saturated rings. The number of sulfonamides is 1. The Morgan fingerprint density at radius 3 is 2.57 bits per heavy atom. The van der Waals surface area contributed by atoms with Crippen LogP contribution in [0.4, 0.5) is 0 Å². The zero-order valence-electron chi connectivity index (χ0n) is 16.1. The van der Waals surface area contributed by atoms with Gasteiger partial charge in [-0.25, -0.2) is 8.42 Å². The zero-order chi connectivity index (χ0) is 20.3. The van der Waals surface area contributed by atoms with Crippen molar-refractivity contribution < 1.29 is 13.2 Å². The van der Waals surface area contributed by atoms with Gasteiger partial charge in [0.25, 0.3) is 0 Å². The van der Waals surface area contributed by atoms with Crippen molar-refractivity contribution in [3.8, 4) is 0 Å². The maximum atomic E-state index is 12.9. The number of piperidine rings is 1. The molecule has 2 aromatic rings. The van der Waals surface area contributed by atoms with E-state index in [1.807, 2.05) is 26.0 Å². The average Bonchev–Trinajstić information content (AvgIpc) is 2.67.